The Bertz CT molecular complexity index is 1150. The largest absolute Gasteiger partial charge is 0.378 e. The minimum atomic E-state index is -0.0300. The number of nitrogens with one attached hydrogen (secondary N) is 2. The van der Waals surface area contributed by atoms with Gasteiger partial charge >= 0.3 is 0 Å². The van der Waals surface area contributed by atoms with Crippen molar-refractivity contribution in [3.05, 3.63) is 46.3 Å². The van der Waals surface area contributed by atoms with E-state index in [1.807, 2.05) is 31.2 Å². The van der Waals surface area contributed by atoms with Crippen LogP contribution in [-0.4, -0.2) is 54.4 Å². The second-order valence-electron chi connectivity index (χ2n) is 8.18. The van der Waals surface area contributed by atoms with Gasteiger partial charge in [-0.2, -0.15) is 10.1 Å². The van der Waals surface area contributed by atoms with Gasteiger partial charge in [0.2, 0.25) is 5.95 Å². The molecule has 3 heterocycles. The normalized spacial score (nSPS) is 17.0. The van der Waals surface area contributed by atoms with E-state index in [9.17, 15) is 4.79 Å². The van der Waals surface area contributed by atoms with Crippen LogP contribution in [0.25, 0.3) is 10.2 Å². The summed E-state index contributed by atoms with van der Waals surface area (Å²) >= 11 is 1.45. The molecule has 2 aromatic heterocycles. The maximum absolute atomic E-state index is 12.7. The highest BCUT2D eigenvalue weighted by molar-refractivity contribution is 7.21. The van der Waals surface area contributed by atoms with Crippen LogP contribution < -0.4 is 15.6 Å². The predicted octanol–water partition coefficient (Wildman–Crippen LogP) is 3.56. The smallest absolute Gasteiger partial charge is 0.261 e. The number of carbonyl (C=O) groups excluding carboxylic acids is 1. The van der Waals surface area contributed by atoms with Crippen LogP contribution in [0.15, 0.2) is 35.4 Å². The lowest BCUT2D eigenvalue weighted by Gasteiger charge is -2.28. The van der Waals surface area contributed by atoms with Crippen molar-refractivity contribution in [3.8, 4) is 0 Å². The Morgan fingerprint density at radius 3 is 2.84 bits per heavy atom. The molecule has 1 amide bonds. The molecule has 0 spiro atoms. The van der Waals surface area contributed by atoms with Crippen molar-refractivity contribution in [2.24, 2.45) is 5.10 Å². The summed E-state index contributed by atoms with van der Waals surface area (Å²) in [5.41, 5.74) is 5.89. The molecule has 8 nitrogen and oxygen atoms in total. The second kappa shape index (κ2) is 9.22. The van der Waals surface area contributed by atoms with E-state index in [1.165, 1.54) is 23.3 Å². The summed E-state index contributed by atoms with van der Waals surface area (Å²) in [6, 6.07) is 10.2. The summed E-state index contributed by atoms with van der Waals surface area (Å²) < 4.78 is 6.42. The van der Waals surface area contributed by atoms with Crippen molar-refractivity contribution in [2.75, 3.05) is 36.6 Å². The van der Waals surface area contributed by atoms with Gasteiger partial charge in [-0.05, 0) is 37.8 Å². The van der Waals surface area contributed by atoms with E-state index < -0.39 is 0 Å². The van der Waals surface area contributed by atoms with Gasteiger partial charge in [-0.1, -0.05) is 29.8 Å². The maximum Gasteiger partial charge on any atom is 0.261 e. The van der Waals surface area contributed by atoms with Gasteiger partial charge in [0.15, 0.2) is 5.82 Å². The summed E-state index contributed by atoms with van der Waals surface area (Å²) in [5, 5.41) is 7.44. The Morgan fingerprint density at radius 2 is 2.09 bits per heavy atom. The molecule has 9 heteroatoms. The molecule has 0 radical (unpaired) electrons. The fraction of sp³-hybridized carbons (Fsp3) is 0.391. The van der Waals surface area contributed by atoms with E-state index in [4.69, 9.17) is 9.72 Å². The zero-order valence-electron chi connectivity index (χ0n) is 18.0. The predicted molar refractivity (Wildman–Crippen MR) is 128 cm³/mol. The number of hydrazone groups is 1. The standard InChI is InChI=1S/C23H26N6O2S/c1-15-4-2-5-16(12-15)14-24-28-23-26-18-13-19(22(30)25-17-6-3-7-17)32-20(18)21(27-23)29-8-10-31-11-9-29/h2,4-5,12-14,17H,3,6-11H2,1H3,(H,25,30)(H,26,27,28)/b24-14+. The van der Waals surface area contributed by atoms with Gasteiger partial charge in [0.25, 0.3) is 5.91 Å². The Morgan fingerprint density at radius 1 is 1.25 bits per heavy atom. The molecular formula is C23H26N6O2S. The first-order valence-electron chi connectivity index (χ1n) is 11.0. The van der Waals surface area contributed by atoms with Crippen molar-refractivity contribution < 1.29 is 9.53 Å². The van der Waals surface area contributed by atoms with Crippen molar-refractivity contribution in [1.82, 2.24) is 15.3 Å². The average Bonchev–Trinajstić information content (AvgIpc) is 3.21. The van der Waals surface area contributed by atoms with E-state index in [1.54, 1.807) is 6.21 Å². The molecule has 2 aliphatic rings. The molecule has 1 aliphatic heterocycles. The molecule has 2 N–H and O–H groups in total. The Labute approximate surface area is 190 Å². The lowest BCUT2D eigenvalue weighted by Crippen LogP contribution is -2.39. The average molecular weight is 451 g/mol. The fourth-order valence-corrected chi connectivity index (χ4v) is 4.81. The molecular weight excluding hydrogens is 424 g/mol. The van der Waals surface area contributed by atoms with Crippen molar-refractivity contribution in [2.45, 2.75) is 32.2 Å². The van der Waals surface area contributed by atoms with Crippen molar-refractivity contribution in [3.63, 3.8) is 0 Å². The third kappa shape index (κ3) is 4.58. The molecule has 2 fully saturated rings. The third-order valence-corrected chi connectivity index (χ3v) is 6.87. The van der Waals surface area contributed by atoms with Gasteiger partial charge in [0, 0.05) is 19.1 Å². The van der Waals surface area contributed by atoms with E-state index in [2.05, 4.69) is 31.8 Å². The summed E-state index contributed by atoms with van der Waals surface area (Å²) in [7, 11) is 0. The van der Waals surface area contributed by atoms with Crippen LogP contribution in [0.1, 0.15) is 40.1 Å². The third-order valence-electron chi connectivity index (χ3n) is 5.75. The van der Waals surface area contributed by atoms with Gasteiger partial charge in [0.05, 0.1) is 34.5 Å². The van der Waals surface area contributed by atoms with E-state index in [0.29, 0.717) is 30.1 Å². The number of nitrogens with zero attached hydrogens (tertiary/aromatic N) is 4. The summed E-state index contributed by atoms with van der Waals surface area (Å²) in [6.07, 6.45) is 5.05. The number of fused-ring (bicyclic) bond motifs is 1. The number of benzene rings is 1. The Balaban J connectivity index is 1.43. The SMILES string of the molecule is Cc1cccc(/C=N/Nc2nc(N3CCOCC3)c3sc(C(=O)NC4CCC4)cc3n2)c1. The molecule has 1 saturated carbocycles. The van der Waals surface area contributed by atoms with Crippen molar-refractivity contribution >= 4 is 45.4 Å². The van der Waals surface area contributed by atoms with Crippen LogP contribution in [0.5, 0.6) is 0 Å². The quantitative estimate of drug-likeness (QED) is 0.441. The Kier molecular flexibility index (Phi) is 6.00. The second-order valence-corrected chi connectivity index (χ2v) is 9.23. The number of anilines is 2. The number of thiophene rings is 1. The molecule has 1 aromatic carbocycles. The summed E-state index contributed by atoms with van der Waals surface area (Å²) in [5.74, 6) is 1.20. The molecule has 1 aliphatic carbocycles. The van der Waals surface area contributed by atoms with Crippen LogP contribution in [0.4, 0.5) is 11.8 Å². The number of rotatable bonds is 6. The molecule has 3 aromatic rings. The van der Waals surface area contributed by atoms with Crippen LogP contribution in [0, 0.1) is 6.92 Å². The monoisotopic (exact) mass is 450 g/mol. The number of amides is 1. The molecule has 32 heavy (non-hydrogen) atoms. The van der Waals surface area contributed by atoms with Gasteiger partial charge in [-0.3, -0.25) is 4.79 Å². The van der Waals surface area contributed by atoms with Crippen LogP contribution in [0.3, 0.4) is 0 Å². The number of aryl methyl sites for hydroxylation is 1. The molecule has 1 saturated heterocycles. The zero-order chi connectivity index (χ0) is 21.9. The lowest BCUT2D eigenvalue weighted by atomic mass is 9.93. The summed E-state index contributed by atoms with van der Waals surface area (Å²) in [6.45, 7) is 4.85. The van der Waals surface area contributed by atoms with Crippen LogP contribution >= 0.6 is 11.3 Å². The fourth-order valence-electron chi connectivity index (χ4n) is 3.79. The molecule has 0 atom stereocenters. The topological polar surface area (TPSA) is 91.7 Å². The molecule has 166 valence electrons. The van der Waals surface area contributed by atoms with Gasteiger partial charge in [-0.15, -0.1) is 11.3 Å². The number of hydrogen-bond donors (Lipinski definition) is 2. The number of hydrogen-bond acceptors (Lipinski definition) is 8. The van der Waals surface area contributed by atoms with Gasteiger partial charge in [0.1, 0.15) is 0 Å². The zero-order valence-corrected chi connectivity index (χ0v) is 18.8. The van der Waals surface area contributed by atoms with E-state index in [-0.39, 0.29) is 5.91 Å². The number of morpholine rings is 1. The van der Waals surface area contributed by atoms with Crippen molar-refractivity contribution in [1.29, 1.82) is 0 Å². The number of carbonyl (C=O) groups is 1. The maximum atomic E-state index is 12.7. The molecule has 0 bridgehead atoms. The van der Waals surface area contributed by atoms with E-state index in [0.717, 1.165) is 47.5 Å². The van der Waals surface area contributed by atoms with E-state index >= 15 is 0 Å². The van der Waals surface area contributed by atoms with Gasteiger partial charge < -0.3 is 15.0 Å². The highest BCUT2D eigenvalue weighted by Gasteiger charge is 2.24. The minimum absolute atomic E-state index is 0.0300. The molecule has 0 unspecified atom stereocenters. The lowest BCUT2D eigenvalue weighted by molar-refractivity contribution is 0.0921. The first kappa shape index (κ1) is 20.8. The Hall–Kier alpha value is -3.04. The van der Waals surface area contributed by atoms with Crippen LogP contribution in [-0.2, 0) is 4.74 Å². The number of ether oxygens (including phenoxy) is 1. The highest BCUT2D eigenvalue weighted by Crippen LogP contribution is 2.34. The summed E-state index contributed by atoms with van der Waals surface area (Å²) in [4.78, 5) is 25.0. The minimum Gasteiger partial charge on any atom is -0.378 e. The van der Waals surface area contributed by atoms with Crippen LogP contribution in [0.2, 0.25) is 0 Å². The first-order chi connectivity index (χ1) is 15.7. The molecule has 5 rings (SSSR count). The first-order valence-corrected chi connectivity index (χ1v) is 11.8. The van der Waals surface area contributed by atoms with Gasteiger partial charge in [-0.25, -0.2) is 10.4 Å². The number of aromatic nitrogens is 2. The highest BCUT2D eigenvalue weighted by atomic mass is 32.1.